The summed E-state index contributed by atoms with van der Waals surface area (Å²) in [4.78, 5) is 12.7. The Hall–Kier alpha value is -3.52. The van der Waals surface area contributed by atoms with Crippen LogP contribution in [0.3, 0.4) is 0 Å². The van der Waals surface area contributed by atoms with Crippen molar-refractivity contribution < 1.29 is 22.7 Å². The number of ether oxygens (including phenoxy) is 2. The molecule has 1 atom stereocenters. The number of hydrogen-bond acceptors (Lipinski definition) is 5. The lowest BCUT2D eigenvalue weighted by Crippen LogP contribution is -2.30. The van der Waals surface area contributed by atoms with Gasteiger partial charge in [0.15, 0.2) is 6.10 Å². The fourth-order valence-corrected chi connectivity index (χ4v) is 4.39. The average Bonchev–Trinajstić information content (AvgIpc) is 2.78. The highest BCUT2D eigenvalue weighted by atomic mass is 32.2. The summed E-state index contributed by atoms with van der Waals surface area (Å²) in [5.41, 5.74) is 4.03. The highest BCUT2D eigenvalue weighted by Gasteiger charge is 2.18. The highest BCUT2D eigenvalue weighted by Crippen LogP contribution is 2.25. The Morgan fingerprint density at radius 3 is 2.18 bits per heavy atom. The van der Waals surface area contributed by atoms with E-state index in [2.05, 4.69) is 16.1 Å². The molecule has 0 bridgehead atoms. The van der Waals surface area contributed by atoms with Crippen molar-refractivity contribution in [2.45, 2.75) is 45.6 Å². The van der Waals surface area contributed by atoms with Gasteiger partial charge in [-0.3, -0.25) is 9.52 Å². The Balaban J connectivity index is 1.63. The van der Waals surface area contributed by atoms with Crippen LogP contribution in [0.1, 0.15) is 30.5 Å². The van der Waals surface area contributed by atoms with Crippen LogP contribution in [-0.2, 0) is 14.8 Å². The number of hydrogen-bond donors (Lipinski definition) is 2. The predicted molar refractivity (Wildman–Crippen MR) is 134 cm³/mol. The Bertz CT molecular complexity index is 1250. The molecular formula is C26H30N2O5S. The highest BCUT2D eigenvalue weighted by molar-refractivity contribution is 7.92. The van der Waals surface area contributed by atoms with Gasteiger partial charge in [0.1, 0.15) is 11.5 Å². The van der Waals surface area contributed by atoms with Gasteiger partial charge in [0, 0.05) is 11.4 Å². The van der Waals surface area contributed by atoms with Gasteiger partial charge in [0.25, 0.3) is 15.9 Å². The van der Waals surface area contributed by atoms with Crippen molar-refractivity contribution in [3.63, 3.8) is 0 Å². The maximum atomic E-state index is 12.7. The van der Waals surface area contributed by atoms with Crippen LogP contribution in [0.5, 0.6) is 11.5 Å². The van der Waals surface area contributed by atoms with E-state index < -0.39 is 16.1 Å². The number of rotatable bonds is 9. The molecule has 0 saturated heterocycles. The Labute approximate surface area is 201 Å². The minimum Gasteiger partial charge on any atom is -0.494 e. The summed E-state index contributed by atoms with van der Waals surface area (Å²) in [7, 11) is -3.78. The first-order valence-corrected chi connectivity index (χ1v) is 12.5. The van der Waals surface area contributed by atoms with Crippen LogP contribution in [0, 0.1) is 20.8 Å². The summed E-state index contributed by atoms with van der Waals surface area (Å²) in [5.74, 6) is 1.00. The van der Waals surface area contributed by atoms with Crippen LogP contribution in [-0.4, -0.2) is 27.0 Å². The minimum absolute atomic E-state index is 0.0783. The lowest BCUT2D eigenvalue weighted by molar-refractivity contribution is -0.122. The molecule has 3 aromatic rings. The second kappa shape index (κ2) is 10.6. The Kier molecular flexibility index (Phi) is 7.83. The smallest absolute Gasteiger partial charge is 0.265 e. The zero-order chi connectivity index (χ0) is 24.9. The number of benzene rings is 3. The minimum atomic E-state index is -3.78. The van der Waals surface area contributed by atoms with Crippen molar-refractivity contribution in [3.8, 4) is 11.5 Å². The van der Waals surface area contributed by atoms with Crippen molar-refractivity contribution in [3.05, 3.63) is 77.4 Å². The van der Waals surface area contributed by atoms with Crippen LogP contribution in [0.15, 0.2) is 65.6 Å². The molecule has 0 aliphatic heterocycles. The van der Waals surface area contributed by atoms with Gasteiger partial charge in [-0.25, -0.2) is 8.42 Å². The van der Waals surface area contributed by atoms with E-state index in [0.29, 0.717) is 29.5 Å². The van der Waals surface area contributed by atoms with E-state index in [1.54, 1.807) is 43.3 Å². The maximum absolute atomic E-state index is 12.7. The molecule has 0 saturated carbocycles. The van der Waals surface area contributed by atoms with Gasteiger partial charge in [0.05, 0.1) is 11.5 Å². The molecule has 180 valence electrons. The summed E-state index contributed by atoms with van der Waals surface area (Å²) in [5, 5.41) is 2.76. The van der Waals surface area contributed by atoms with E-state index in [0.717, 1.165) is 16.7 Å². The normalized spacial score (nSPS) is 12.0. The van der Waals surface area contributed by atoms with Gasteiger partial charge in [-0.2, -0.15) is 0 Å². The van der Waals surface area contributed by atoms with Crippen LogP contribution in [0.25, 0.3) is 0 Å². The third-order valence-electron chi connectivity index (χ3n) is 5.29. The van der Waals surface area contributed by atoms with Gasteiger partial charge in [-0.1, -0.05) is 6.07 Å². The Morgan fingerprint density at radius 2 is 1.56 bits per heavy atom. The molecule has 0 heterocycles. The van der Waals surface area contributed by atoms with E-state index in [4.69, 9.17) is 9.47 Å². The van der Waals surface area contributed by atoms with Gasteiger partial charge in [-0.05, 0) is 106 Å². The molecule has 0 fully saturated rings. The summed E-state index contributed by atoms with van der Waals surface area (Å²) in [6.45, 7) is 10.0. The summed E-state index contributed by atoms with van der Waals surface area (Å²) >= 11 is 0. The van der Waals surface area contributed by atoms with Gasteiger partial charge in [-0.15, -0.1) is 0 Å². The number of nitrogens with one attached hydrogen (secondary N) is 2. The summed E-state index contributed by atoms with van der Waals surface area (Å²) in [6, 6.07) is 16.6. The molecule has 0 spiro atoms. The predicted octanol–water partition coefficient (Wildman–Crippen LogP) is 5.22. The van der Waals surface area contributed by atoms with Gasteiger partial charge in [0.2, 0.25) is 0 Å². The molecule has 3 aromatic carbocycles. The maximum Gasteiger partial charge on any atom is 0.265 e. The van der Waals surface area contributed by atoms with Crippen molar-refractivity contribution in [1.29, 1.82) is 0 Å². The molecule has 0 aromatic heterocycles. The fourth-order valence-electron chi connectivity index (χ4n) is 3.33. The molecular weight excluding hydrogens is 452 g/mol. The quantitative estimate of drug-likeness (QED) is 0.436. The largest absolute Gasteiger partial charge is 0.494 e. The molecule has 8 heteroatoms. The molecule has 7 nitrogen and oxygen atoms in total. The van der Waals surface area contributed by atoms with E-state index in [-0.39, 0.29) is 10.8 Å². The lowest BCUT2D eigenvalue weighted by Gasteiger charge is -2.18. The van der Waals surface area contributed by atoms with Crippen molar-refractivity contribution in [2.75, 3.05) is 16.6 Å². The molecule has 0 aliphatic rings. The second-order valence-electron chi connectivity index (χ2n) is 8.04. The second-order valence-corrected chi connectivity index (χ2v) is 9.72. The molecule has 1 amide bonds. The third kappa shape index (κ3) is 6.29. The SMILES string of the molecule is CCOc1ccc(NS(=O)(=O)c2ccc(NC(=O)[C@H](C)Oc3cc(C)cc(C)c3C)cc2)cc1. The van der Waals surface area contributed by atoms with Crippen molar-refractivity contribution in [1.82, 2.24) is 0 Å². The topological polar surface area (TPSA) is 93.7 Å². The molecule has 3 rings (SSSR count). The molecule has 34 heavy (non-hydrogen) atoms. The number of carbonyl (C=O) groups excluding carboxylic acids is 1. The Morgan fingerprint density at radius 1 is 0.941 bits per heavy atom. The first kappa shape index (κ1) is 25.1. The average molecular weight is 483 g/mol. The van der Waals surface area contributed by atoms with Gasteiger partial charge >= 0.3 is 0 Å². The van der Waals surface area contributed by atoms with Crippen molar-refractivity contribution in [2.24, 2.45) is 0 Å². The van der Waals surface area contributed by atoms with E-state index in [1.165, 1.54) is 12.1 Å². The summed E-state index contributed by atoms with van der Waals surface area (Å²) in [6.07, 6.45) is -0.732. The lowest BCUT2D eigenvalue weighted by atomic mass is 10.1. The first-order valence-electron chi connectivity index (χ1n) is 11.0. The first-order chi connectivity index (χ1) is 16.1. The van der Waals surface area contributed by atoms with Crippen LogP contribution in [0.2, 0.25) is 0 Å². The van der Waals surface area contributed by atoms with Crippen LogP contribution >= 0.6 is 0 Å². The molecule has 0 unspecified atom stereocenters. The zero-order valence-electron chi connectivity index (χ0n) is 20.0. The molecule has 2 N–H and O–H groups in total. The molecule has 0 radical (unpaired) electrons. The van der Waals surface area contributed by atoms with Crippen LogP contribution in [0.4, 0.5) is 11.4 Å². The fraction of sp³-hybridized carbons (Fsp3) is 0.269. The monoisotopic (exact) mass is 482 g/mol. The van der Waals surface area contributed by atoms with E-state index in [1.807, 2.05) is 33.8 Å². The van der Waals surface area contributed by atoms with Crippen molar-refractivity contribution >= 4 is 27.3 Å². The number of amides is 1. The third-order valence-corrected chi connectivity index (χ3v) is 6.68. The number of sulfonamides is 1. The standard InChI is InChI=1S/C26H30N2O5S/c1-6-32-23-11-7-22(8-12-23)28-34(30,31)24-13-9-21(10-14-24)27-26(29)20(5)33-25-16-17(2)15-18(3)19(25)4/h7-16,20,28H,6H2,1-5H3,(H,27,29)/t20-/m0/s1. The number of aryl methyl sites for hydroxylation is 2. The number of anilines is 2. The summed E-state index contributed by atoms with van der Waals surface area (Å²) < 4.78 is 39.2. The van der Waals surface area contributed by atoms with E-state index in [9.17, 15) is 13.2 Å². The van der Waals surface area contributed by atoms with E-state index >= 15 is 0 Å². The van der Waals surface area contributed by atoms with Crippen LogP contribution < -0.4 is 19.5 Å². The molecule has 0 aliphatic carbocycles. The number of carbonyl (C=O) groups is 1. The zero-order valence-corrected chi connectivity index (χ0v) is 20.8. The van der Waals surface area contributed by atoms with Gasteiger partial charge < -0.3 is 14.8 Å².